The Bertz CT molecular complexity index is 372. The first-order chi connectivity index (χ1) is 9.88. The lowest BCUT2D eigenvalue weighted by molar-refractivity contribution is 0.371. The summed E-state index contributed by atoms with van der Waals surface area (Å²) in [6.07, 6.45) is 8.20. The summed E-state index contributed by atoms with van der Waals surface area (Å²) in [5.41, 5.74) is 8.19. The number of hydrogen-bond acceptors (Lipinski definition) is 3. The van der Waals surface area contributed by atoms with Crippen molar-refractivity contribution in [2.45, 2.75) is 57.7 Å². The fourth-order valence-electron chi connectivity index (χ4n) is 2.93. The van der Waals surface area contributed by atoms with E-state index in [2.05, 4.69) is 34.9 Å². The molecule has 0 saturated heterocycles. The summed E-state index contributed by atoms with van der Waals surface area (Å²) in [6, 6.07) is 9.30. The molecule has 0 atom stereocenters. The van der Waals surface area contributed by atoms with Gasteiger partial charge in [-0.3, -0.25) is 0 Å². The van der Waals surface area contributed by atoms with E-state index in [-0.39, 0.29) is 0 Å². The number of nitrogens with two attached hydrogens (primary N) is 1. The molecule has 0 spiro atoms. The van der Waals surface area contributed by atoms with Crippen molar-refractivity contribution in [3.8, 4) is 0 Å². The third kappa shape index (κ3) is 5.61. The van der Waals surface area contributed by atoms with E-state index in [4.69, 9.17) is 5.73 Å². The monoisotopic (exact) mass is 275 g/mol. The summed E-state index contributed by atoms with van der Waals surface area (Å²) < 4.78 is 0. The normalized spacial score (nSPS) is 16.4. The van der Waals surface area contributed by atoms with E-state index < -0.39 is 0 Å². The van der Waals surface area contributed by atoms with Gasteiger partial charge in [-0.1, -0.05) is 43.5 Å². The molecule has 0 aliphatic heterocycles. The summed E-state index contributed by atoms with van der Waals surface area (Å²) in [7, 11) is 0. The van der Waals surface area contributed by atoms with E-state index in [1.54, 1.807) is 0 Å². The van der Waals surface area contributed by atoms with E-state index in [0.29, 0.717) is 6.54 Å². The standard InChI is InChI=1S/C17H29N3/c18-13-15-6-4-7-16(12-15)14-19-10-5-11-20-17-8-2-1-3-9-17/h4,6-7,12,17,19-20H,1-3,5,8-11,13-14,18H2. The molecule has 1 aliphatic rings. The quantitative estimate of drug-likeness (QED) is 0.639. The highest BCUT2D eigenvalue weighted by molar-refractivity contribution is 5.23. The van der Waals surface area contributed by atoms with Crippen LogP contribution in [0.3, 0.4) is 0 Å². The second kappa shape index (κ2) is 9.11. The Morgan fingerprint density at radius 3 is 2.65 bits per heavy atom. The van der Waals surface area contributed by atoms with Gasteiger partial charge in [-0.05, 0) is 43.5 Å². The summed E-state index contributed by atoms with van der Waals surface area (Å²) in [5, 5.41) is 7.19. The maximum absolute atomic E-state index is 5.66. The molecule has 1 fully saturated rings. The van der Waals surface area contributed by atoms with Crippen molar-refractivity contribution < 1.29 is 0 Å². The highest BCUT2D eigenvalue weighted by Crippen LogP contribution is 2.17. The van der Waals surface area contributed by atoms with Crippen LogP contribution < -0.4 is 16.4 Å². The molecule has 20 heavy (non-hydrogen) atoms. The zero-order valence-corrected chi connectivity index (χ0v) is 12.5. The highest BCUT2D eigenvalue weighted by Gasteiger charge is 2.11. The molecule has 4 N–H and O–H groups in total. The van der Waals surface area contributed by atoms with Crippen molar-refractivity contribution in [3.63, 3.8) is 0 Å². The maximum Gasteiger partial charge on any atom is 0.0205 e. The fraction of sp³-hybridized carbons (Fsp3) is 0.647. The Morgan fingerprint density at radius 2 is 1.85 bits per heavy atom. The molecular formula is C17H29N3. The Morgan fingerprint density at radius 1 is 1.05 bits per heavy atom. The third-order valence-electron chi connectivity index (χ3n) is 4.12. The molecule has 1 saturated carbocycles. The first kappa shape index (κ1) is 15.5. The maximum atomic E-state index is 5.66. The lowest BCUT2D eigenvalue weighted by Gasteiger charge is -2.22. The van der Waals surface area contributed by atoms with Crippen LogP contribution in [0.4, 0.5) is 0 Å². The summed E-state index contributed by atoms with van der Waals surface area (Å²) >= 11 is 0. The molecule has 0 heterocycles. The molecule has 112 valence electrons. The molecule has 0 bridgehead atoms. The van der Waals surface area contributed by atoms with Gasteiger partial charge in [0.05, 0.1) is 0 Å². The number of nitrogens with one attached hydrogen (secondary N) is 2. The van der Waals surface area contributed by atoms with Crippen LogP contribution in [0.2, 0.25) is 0 Å². The van der Waals surface area contributed by atoms with Crippen LogP contribution in [-0.2, 0) is 13.1 Å². The van der Waals surface area contributed by atoms with Crippen LogP contribution in [0, 0.1) is 0 Å². The van der Waals surface area contributed by atoms with Gasteiger partial charge in [-0.15, -0.1) is 0 Å². The third-order valence-corrected chi connectivity index (χ3v) is 4.12. The van der Waals surface area contributed by atoms with E-state index in [1.807, 2.05) is 0 Å². The molecule has 2 rings (SSSR count). The minimum Gasteiger partial charge on any atom is -0.326 e. The van der Waals surface area contributed by atoms with Crippen LogP contribution >= 0.6 is 0 Å². The SMILES string of the molecule is NCc1cccc(CNCCCNC2CCCCC2)c1. The summed E-state index contributed by atoms with van der Waals surface area (Å²) in [6.45, 7) is 3.78. The van der Waals surface area contributed by atoms with Crippen molar-refractivity contribution in [1.29, 1.82) is 0 Å². The number of benzene rings is 1. The van der Waals surface area contributed by atoms with Crippen LogP contribution in [0.25, 0.3) is 0 Å². The van der Waals surface area contributed by atoms with Crippen molar-refractivity contribution in [2.24, 2.45) is 5.73 Å². The average Bonchev–Trinajstić information content (AvgIpc) is 2.52. The smallest absolute Gasteiger partial charge is 0.0205 e. The van der Waals surface area contributed by atoms with E-state index >= 15 is 0 Å². The molecule has 0 radical (unpaired) electrons. The van der Waals surface area contributed by atoms with E-state index in [9.17, 15) is 0 Å². The van der Waals surface area contributed by atoms with Gasteiger partial charge in [-0.2, -0.15) is 0 Å². The van der Waals surface area contributed by atoms with Crippen LogP contribution in [0.1, 0.15) is 49.7 Å². The Hall–Kier alpha value is -0.900. The van der Waals surface area contributed by atoms with E-state index in [0.717, 1.165) is 25.7 Å². The zero-order valence-electron chi connectivity index (χ0n) is 12.5. The molecule has 0 aromatic heterocycles. The second-order valence-electron chi connectivity index (χ2n) is 5.84. The zero-order chi connectivity index (χ0) is 14.0. The summed E-state index contributed by atoms with van der Waals surface area (Å²) in [4.78, 5) is 0. The van der Waals surface area contributed by atoms with E-state index in [1.165, 1.54) is 49.7 Å². The topological polar surface area (TPSA) is 50.1 Å². The van der Waals surface area contributed by atoms with Gasteiger partial charge >= 0.3 is 0 Å². The van der Waals surface area contributed by atoms with Crippen molar-refractivity contribution in [3.05, 3.63) is 35.4 Å². The van der Waals surface area contributed by atoms with Crippen molar-refractivity contribution >= 4 is 0 Å². The number of hydrogen-bond donors (Lipinski definition) is 3. The van der Waals surface area contributed by atoms with Gasteiger partial charge in [0.2, 0.25) is 0 Å². The summed E-state index contributed by atoms with van der Waals surface area (Å²) in [5.74, 6) is 0. The first-order valence-corrected chi connectivity index (χ1v) is 8.10. The average molecular weight is 275 g/mol. The predicted octanol–water partition coefficient (Wildman–Crippen LogP) is 2.55. The molecule has 0 unspecified atom stereocenters. The predicted molar refractivity (Wildman–Crippen MR) is 85.5 cm³/mol. The Balaban J connectivity index is 1.52. The Kier molecular flexibility index (Phi) is 7.06. The van der Waals surface area contributed by atoms with Crippen LogP contribution in [-0.4, -0.2) is 19.1 Å². The molecular weight excluding hydrogens is 246 g/mol. The lowest BCUT2D eigenvalue weighted by atomic mass is 9.95. The first-order valence-electron chi connectivity index (χ1n) is 8.10. The minimum absolute atomic E-state index is 0.624. The van der Waals surface area contributed by atoms with Gasteiger partial charge in [0.15, 0.2) is 0 Å². The van der Waals surface area contributed by atoms with Crippen LogP contribution in [0.5, 0.6) is 0 Å². The molecule has 1 aromatic carbocycles. The lowest BCUT2D eigenvalue weighted by Crippen LogP contribution is -2.33. The minimum atomic E-state index is 0.624. The van der Waals surface area contributed by atoms with Crippen LogP contribution in [0.15, 0.2) is 24.3 Å². The second-order valence-corrected chi connectivity index (χ2v) is 5.84. The molecule has 3 nitrogen and oxygen atoms in total. The Labute approximate surface area is 123 Å². The van der Waals surface area contributed by atoms with Gasteiger partial charge in [-0.25, -0.2) is 0 Å². The molecule has 1 aliphatic carbocycles. The van der Waals surface area contributed by atoms with Gasteiger partial charge in [0, 0.05) is 19.1 Å². The fourth-order valence-corrected chi connectivity index (χ4v) is 2.93. The van der Waals surface area contributed by atoms with Gasteiger partial charge in [0.1, 0.15) is 0 Å². The number of rotatable bonds is 8. The van der Waals surface area contributed by atoms with Gasteiger partial charge in [0.25, 0.3) is 0 Å². The molecule has 3 heteroatoms. The molecule has 1 aromatic rings. The highest BCUT2D eigenvalue weighted by atomic mass is 14.9. The van der Waals surface area contributed by atoms with Gasteiger partial charge < -0.3 is 16.4 Å². The molecule has 0 amide bonds. The largest absolute Gasteiger partial charge is 0.326 e. The van der Waals surface area contributed by atoms with Crippen molar-refractivity contribution in [1.82, 2.24) is 10.6 Å². The van der Waals surface area contributed by atoms with Crippen molar-refractivity contribution in [2.75, 3.05) is 13.1 Å².